The van der Waals surface area contributed by atoms with Gasteiger partial charge in [0.15, 0.2) is 0 Å². The van der Waals surface area contributed by atoms with Crippen LogP contribution in [0.25, 0.3) is 0 Å². The van der Waals surface area contributed by atoms with Crippen LogP contribution in [0.2, 0.25) is 0 Å². The third-order valence-electron chi connectivity index (χ3n) is 4.68. The Balaban J connectivity index is 1.53. The van der Waals surface area contributed by atoms with Gasteiger partial charge in [0.05, 0.1) is 0 Å². The lowest BCUT2D eigenvalue weighted by Gasteiger charge is -2.34. The smallest absolute Gasteiger partial charge is 0.225 e. The van der Waals surface area contributed by atoms with Crippen LogP contribution in [0.15, 0.2) is 18.5 Å². The minimum Gasteiger partial charge on any atom is -0.339 e. The molecule has 0 aromatic carbocycles. The van der Waals surface area contributed by atoms with E-state index in [0.717, 1.165) is 19.0 Å². The lowest BCUT2D eigenvalue weighted by Crippen LogP contribution is -2.50. The third kappa shape index (κ3) is 3.71. The quantitative estimate of drug-likeness (QED) is 0.910. The number of hydrogen-bond donors (Lipinski definition) is 1. The molecule has 5 nitrogen and oxygen atoms in total. The van der Waals surface area contributed by atoms with Gasteiger partial charge < -0.3 is 10.2 Å². The first kappa shape index (κ1) is 14.7. The van der Waals surface area contributed by atoms with E-state index in [9.17, 15) is 0 Å². The molecule has 0 aliphatic carbocycles. The molecule has 2 aliphatic heterocycles. The zero-order valence-electron chi connectivity index (χ0n) is 13.2. The second kappa shape index (κ2) is 6.71. The van der Waals surface area contributed by atoms with Gasteiger partial charge in [-0.15, -0.1) is 0 Å². The summed E-state index contributed by atoms with van der Waals surface area (Å²) in [4.78, 5) is 13.6. The molecule has 1 aromatic rings. The fraction of sp³-hybridized carbons (Fsp3) is 0.750. The van der Waals surface area contributed by atoms with Crippen molar-refractivity contribution < 1.29 is 0 Å². The number of piperidine rings is 1. The molecule has 2 unspecified atom stereocenters. The first-order valence-corrected chi connectivity index (χ1v) is 8.24. The van der Waals surface area contributed by atoms with Crippen molar-refractivity contribution in [3.8, 4) is 0 Å². The number of nitrogens with zero attached hydrogens (tertiary/aromatic N) is 4. The van der Waals surface area contributed by atoms with E-state index < -0.39 is 0 Å². The number of nitrogens with one attached hydrogen (secondary N) is 1. The van der Waals surface area contributed by atoms with E-state index in [1.54, 1.807) is 0 Å². The van der Waals surface area contributed by atoms with Crippen molar-refractivity contribution in [1.29, 1.82) is 0 Å². The molecule has 2 aliphatic rings. The maximum atomic E-state index is 4.38. The zero-order chi connectivity index (χ0) is 14.7. The average molecular weight is 289 g/mol. The van der Waals surface area contributed by atoms with Crippen LogP contribution in [-0.4, -0.2) is 59.2 Å². The Labute approximate surface area is 127 Å². The fourth-order valence-corrected chi connectivity index (χ4v) is 3.48. The van der Waals surface area contributed by atoms with Crippen LogP contribution >= 0.6 is 0 Å². The SMILES string of the molecule is CC(C)N1CCC(NC2CCCN(c3ncccn3)C2)C1. The van der Waals surface area contributed by atoms with Crippen molar-refractivity contribution in [2.75, 3.05) is 31.1 Å². The highest BCUT2D eigenvalue weighted by Gasteiger charge is 2.28. The number of likely N-dealkylation sites (tertiary alicyclic amines) is 1. The Morgan fingerprint density at radius 2 is 1.86 bits per heavy atom. The average Bonchev–Trinajstić information content (AvgIpc) is 2.97. The predicted molar refractivity (Wildman–Crippen MR) is 85.5 cm³/mol. The van der Waals surface area contributed by atoms with E-state index in [0.29, 0.717) is 18.1 Å². The van der Waals surface area contributed by atoms with Gasteiger partial charge in [0.2, 0.25) is 5.95 Å². The maximum absolute atomic E-state index is 4.38. The highest BCUT2D eigenvalue weighted by atomic mass is 15.3. The van der Waals surface area contributed by atoms with E-state index in [-0.39, 0.29) is 0 Å². The molecule has 1 N–H and O–H groups in total. The van der Waals surface area contributed by atoms with E-state index in [1.807, 2.05) is 18.5 Å². The summed E-state index contributed by atoms with van der Waals surface area (Å²) in [6.07, 6.45) is 7.42. The van der Waals surface area contributed by atoms with Gasteiger partial charge in [-0.1, -0.05) is 0 Å². The highest BCUT2D eigenvalue weighted by molar-refractivity contribution is 5.29. The minimum atomic E-state index is 0.569. The van der Waals surface area contributed by atoms with Crippen molar-refractivity contribution in [2.45, 2.75) is 51.2 Å². The van der Waals surface area contributed by atoms with Crippen molar-refractivity contribution in [3.05, 3.63) is 18.5 Å². The summed E-state index contributed by atoms with van der Waals surface area (Å²) in [5, 5.41) is 3.86. The summed E-state index contributed by atoms with van der Waals surface area (Å²) < 4.78 is 0. The summed E-state index contributed by atoms with van der Waals surface area (Å²) in [6, 6.07) is 3.76. The van der Waals surface area contributed by atoms with Crippen molar-refractivity contribution in [2.24, 2.45) is 0 Å². The standard InChI is InChI=1S/C16H27N5/c1-13(2)20-10-6-15(11-20)19-14-5-3-9-21(12-14)16-17-7-4-8-18-16/h4,7-8,13-15,19H,3,5-6,9-12H2,1-2H3. The lowest BCUT2D eigenvalue weighted by molar-refractivity contribution is 0.263. The van der Waals surface area contributed by atoms with Gasteiger partial charge in [0.1, 0.15) is 0 Å². The van der Waals surface area contributed by atoms with Gasteiger partial charge in [0, 0.05) is 50.2 Å². The van der Waals surface area contributed by atoms with Gasteiger partial charge in [-0.05, 0) is 45.7 Å². The summed E-state index contributed by atoms with van der Waals surface area (Å²) in [5.41, 5.74) is 0. The number of anilines is 1. The Bertz CT molecular complexity index is 436. The van der Waals surface area contributed by atoms with Gasteiger partial charge in [-0.25, -0.2) is 9.97 Å². The summed E-state index contributed by atoms with van der Waals surface area (Å²) in [7, 11) is 0. The zero-order valence-corrected chi connectivity index (χ0v) is 13.2. The Morgan fingerprint density at radius 3 is 2.57 bits per heavy atom. The van der Waals surface area contributed by atoms with Crippen LogP contribution < -0.4 is 10.2 Å². The second-order valence-corrected chi connectivity index (χ2v) is 6.57. The van der Waals surface area contributed by atoms with Crippen LogP contribution in [0.3, 0.4) is 0 Å². The van der Waals surface area contributed by atoms with Crippen LogP contribution in [0, 0.1) is 0 Å². The molecule has 2 saturated heterocycles. The first-order valence-electron chi connectivity index (χ1n) is 8.24. The predicted octanol–water partition coefficient (Wildman–Crippen LogP) is 1.52. The van der Waals surface area contributed by atoms with Crippen LogP contribution in [0.4, 0.5) is 5.95 Å². The van der Waals surface area contributed by atoms with E-state index >= 15 is 0 Å². The molecule has 0 bridgehead atoms. The topological polar surface area (TPSA) is 44.3 Å². The third-order valence-corrected chi connectivity index (χ3v) is 4.68. The van der Waals surface area contributed by atoms with E-state index in [2.05, 4.69) is 38.9 Å². The summed E-state index contributed by atoms with van der Waals surface area (Å²) in [6.45, 7) is 9.10. The van der Waals surface area contributed by atoms with Crippen molar-refractivity contribution in [3.63, 3.8) is 0 Å². The van der Waals surface area contributed by atoms with Gasteiger partial charge in [0.25, 0.3) is 0 Å². The van der Waals surface area contributed by atoms with Crippen LogP contribution in [0.1, 0.15) is 33.1 Å². The molecule has 0 radical (unpaired) electrons. The minimum absolute atomic E-state index is 0.569. The summed E-state index contributed by atoms with van der Waals surface area (Å²) in [5.74, 6) is 0.874. The molecular weight excluding hydrogens is 262 g/mol. The molecule has 0 spiro atoms. The highest BCUT2D eigenvalue weighted by Crippen LogP contribution is 2.18. The molecule has 3 rings (SSSR count). The summed E-state index contributed by atoms with van der Waals surface area (Å²) >= 11 is 0. The van der Waals surface area contributed by atoms with Crippen molar-refractivity contribution in [1.82, 2.24) is 20.2 Å². The number of hydrogen-bond acceptors (Lipinski definition) is 5. The van der Waals surface area contributed by atoms with Gasteiger partial charge in [-0.3, -0.25) is 4.90 Å². The number of aromatic nitrogens is 2. The largest absolute Gasteiger partial charge is 0.339 e. The Hall–Kier alpha value is -1.20. The van der Waals surface area contributed by atoms with Crippen molar-refractivity contribution >= 4 is 5.95 Å². The second-order valence-electron chi connectivity index (χ2n) is 6.57. The first-order chi connectivity index (χ1) is 10.2. The Kier molecular flexibility index (Phi) is 4.70. The molecule has 1 aromatic heterocycles. The monoisotopic (exact) mass is 289 g/mol. The Morgan fingerprint density at radius 1 is 1.10 bits per heavy atom. The molecule has 5 heteroatoms. The van der Waals surface area contributed by atoms with Crippen LogP contribution in [-0.2, 0) is 0 Å². The normalized spacial score (nSPS) is 27.5. The maximum Gasteiger partial charge on any atom is 0.225 e. The fourth-order valence-electron chi connectivity index (χ4n) is 3.48. The molecule has 3 heterocycles. The molecule has 2 fully saturated rings. The number of rotatable bonds is 4. The molecular formula is C16H27N5. The molecule has 0 saturated carbocycles. The molecule has 2 atom stereocenters. The van der Waals surface area contributed by atoms with Gasteiger partial charge >= 0.3 is 0 Å². The molecule has 21 heavy (non-hydrogen) atoms. The molecule has 116 valence electrons. The molecule has 0 amide bonds. The van der Waals surface area contributed by atoms with E-state index in [4.69, 9.17) is 0 Å². The lowest BCUT2D eigenvalue weighted by atomic mass is 10.0. The van der Waals surface area contributed by atoms with Crippen LogP contribution in [0.5, 0.6) is 0 Å². The van der Waals surface area contributed by atoms with Gasteiger partial charge in [-0.2, -0.15) is 0 Å². The van der Waals surface area contributed by atoms with E-state index in [1.165, 1.54) is 32.4 Å².